The average molecular weight is 358 g/mol. The van der Waals surface area contributed by atoms with Crippen LogP contribution in [0.3, 0.4) is 0 Å². The number of halogens is 3. The molecule has 1 aliphatic rings. The fraction of sp³-hybridized carbons (Fsp3) is 0.353. The van der Waals surface area contributed by atoms with Crippen LogP contribution in [0.15, 0.2) is 36.9 Å². The molecule has 0 aliphatic heterocycles. The molecule has 22 heavy (non-hydrogen) atoms. The third-order valence-electron chi connectivity index (χ3n) is 4.10. The zero-order valence-electron chi connectivity index (χ0n) is 12.2. The van der Waals surface area contributed by atoms with Gasteiger partial charge in [0.05, 0.1) is 6.33 Å². The van der Waals surface area contributed by atoms with E-state index in [0.717, 1.165) is 10.6 Å². The molecule has 5 heteroatoms. The highest BCUT2D eigenvalue weighted by atomic mass is 35.5. The minimum absolute atomic E-state index is 0. The summed E-state index contributed by atoms with van der Waals surface area (Å²) in [5.41, 5.74) is 2.37. The monoisotopic (exact) mass is 356 g/mol. The number of imidazole rings is 1. The highest BCUT2D eigenvalue weighted by Gasteiger charge is 2.21. The molecule has 1 aliphatic carbocycles. The molecule has 1 aromatic heterocycles. The fourth-order valence-electron chi connectivity index (χ4n) is 3.04. The Labute approximate surface area is 147 Å². The molecule has 2 aromatic rings. The molecule has 118 valence electrons. The Hall–Kier alpha value is -0.960. The summed E-state index contributed by atoms with van der Waals surface area (Å²) >= 11 is 12.5. The molecule has 0 atom stereocenters. The van der Waals surface area contributed by atoms with Crippen molar-refractivity contribution in [2.24, 2.45) is 5.92 Å². The third kappa shape index (κ3) is 4.07. The van der Waals surface area contributed by atoms with Gasteiger partial charge in [0.15, 0.2) is 0 Å². The van der Waals surface area contributed by atoms with Gasteiger partial charge in [-0.15, -0.1) is 12.4 Å². The van der Waals surface area contributed by atoms with E-state index in [2.05, 4.69) is 11.2 Å². The maximum Gasteiger partial charge on any atom is 0.0986 e. The molecule has 0 saturated heterocycles. The van der Waals surface area contributed by atoms with E-state index in [1.54, 1.807) is 6.20 Å². The van der Waals surface area contributed by atoms with E-state index < -0.39 is 0 Å². The topological polar surface area (TPSA) is 17.8 Å². The Morgan fingerprint density at radius 2 is 1.95 bits per heavy atom. The lowest BCUT2D eigenvalue weighted by Gasteiger charge is -2.25. The van der Waals surface area contributed by atoms with Crippen LogP contribution in [0.25, 0.3) is 11.8 Å². The van der Waals surface area contributed by atoms with E-state index in [1.807, 2.05) is 35.3 Å². The Balaban J connectivity index is 0.00000176. The van der Waals surface area contributed by atoms with Crippen LogP contribution < -0.4 is 0 Å². The molecular weight excluding hydrogens is 339 g/mol. The highest BCUT2D eigenvalue weighted by molar-refractivity contribution is 6.35. The summed E-state index contributed by atoms with van der Waals surface area (Å²) in [5, 5.41) is 1.40. The Morgan fingerprint density at radius 3 is 2.59 bits per heavy atom. The van der Waals surface area contributed by atoms with Crippen LogP contribution in [-0.4, -0.2) is 9.55 Å². The van der Waals surface area contributed by atoms with Crippen LogP contribution in [-0.2, 0) is 0 Å². The zero-order valence-corrected chi connectivity index (χ0v) is 14.5. The standard InChI is InChI=1S/C17H18Cl2N2.ClH/c18-14-6-7-15(17(19)10-14)16(11-21-9-8-20-12-21)13-4-2-1-3-5-13;/h6-13H,1-5H2;1H/b16-11+;. The second-order valence-electron chi connectivity index (χ2n) is 5.55. The molecule has 0 radical (unpaired) electrons. The van der Waals surface area contributed by atoms with Crippen LogP contribution in [0.5, 0.6) is 0 Å². The lowest BCUT2D eigenvalue weighted by molar-refractivity contribution is 0.430. The van der Waals surface area contributed by atoms with Gasteiger partial charge in [-0.3, -0.25) is 0 Å². The molecule has 1 fully saturated rings. The SMILES string of the molecule is Cl.Clc1ccc(/C(=C/n2ccnc2)C2CCCCC2)c(Cl)c1. The minimum atomic E-state index is 0. The molecule has 0 N–H and O–H groups in total. The maximum absolute atomic E-state index is 6.43. The van der Waals surface area contributed by atoms with E-state index in [0.29, 0.717) is 10.9 Å². The summed E-state index contributed by atoms with van der Waals surface area (Å²) < 4.78 is 1.99. The summed E-state index contributed by atoms with van der Waals surface area (Å²) in [6.45, 7) is 0. The van der Waals surface area contributed by atoms with Gasteiger partial charge in [0.1, 0.15) is 0 Å². The van der Waals surface area contributed by atoms with Crippen LogP contribution in [0, 0.1) is 5.92 Å². The van der Waals surface area contributed by atoms with Gasteiger partial charge >= 0.3 is 0 Å². The predicted octanol–water partition coefficient (Wildman–Crippen LogP) is 6.19. The van der Waals surface area contributed by atoms with Gasteiger partial charge in [-0.05, 0) is 42.0 Å². The summed E-state index contributed by atoms with van der Waals surface area (Å²) in [4.78, 5) is 4.11. The van der Waals surface area contributed by atoms with Crippen molar-refractivity contribution in [1.82, 2.24) is 9.55 Å². The lowest BCUT2D eigenvalue weighted by Crippen LogP contribution is -2.09. The van der Waals surface area contributed by atoms with E-state index in [9.17, 15) is 0 Å². The van der Waals surface area contributed by atoms with Crippen molar-refractivity contribution in [1.29, 1.82) is 0 Å². The molecule has 1 saturated carbocycles. The first-order valence-electron chi connectivity index (χ1n) is 7.38. The first kappa shape index (κ1) is 17.4. The van der Waals surface area contributed by atoms with Crippen molar-refractivity contribution < 1.29 is 0 Å². The quantitative estimate of drug-likeness (QED) is 0.640. The summed E-state index contributed by atoms with van der Waals surface area (Å²) in [6, 6.07) is 5.76. The normalized spacial score (nSPS) is 16.4. The smallest absolute Gasteiger partial charge is 0.0986 e. The number of rotatable bonds is 3. The van der Waals surface area contributed by atoms with Gasteiger partial charge in [0.25, 0.3) is 0 Å². The zero-order chi connectivity index (χ0) is 14.7. The number of aromatic nitrogens is 2. The van der Waals surface area contributed by atoms with Gasteiger partial charge < -0.3 is 4.57 Å². The third-order valence-corrected chi connectivity index (χ3v) is 4.65. The molecule has 3 rings (SSSR count). The average Bonchev–Trinajstić information content (AvgIpc) is 2.99. The Bertz CT molecular complexity index is 629. The molecular formula is C17H19Cl3N2. The van der Waals surface area contributed by atoms with Gasteiger partial charge in [0.2, 0.25) is 0 Å². The fourth-order valence-corrected chi connectivity index (χ4v) is 3.56. The number of hydrogen-bond acceptors (Lipinski definition) is 1. The van der Waals surface area contributed by atoms with Crippen molar-refractivity contribution in [2.75, 3.05) is 0 Å². The highest BCUT2D eigenvalue weighted by Crippen LogP contribution is 2.39. The molecule has 1 aromatic carbocycles. The van der Waals surface area contributed by atoms with Gasteiger partial charge in [-0.25, -0.2) is 4.98 Å². The van der Waals surface area contributed by atoms with Crippen LogP contribution in [0.1, 0.15) is 37.7 Å². The first-order valence-corrected chi connectivity index (χ1v) is 8.14. The number of hydrogen-bond donors (Lipinski definition) is 0. The predicted molar refractivity (Wildman–Crippen MR) is 96.7 cm³/mol. The van der Waals surface area contributed by atoms with E-state index in [-0.39, 0.29) is 12.4 Å². The van der Waals surface area contributed by atoms with Crippen molar-refractivity contribution in [3.63, 3.8) is 0 Å². The van der Waals surface area contributed by atoms with Crippen LogP contribution in [0.2, 0.25) is 10.0 Å². The van der Waals surface area contributed by atoms with E-state index >= 15 is 0 Å². The maximum atomic E-state index is 6.43. The lowest BCUT2D eigenvalue weighted by atomic mass is 9.81. The van der Waals surface area contributed by atoms with Crippen LogP contribution in [0.4, 0.5) is 0 Å². The number of allylic oxidation sites excluding steroid dienone is 1. The summed E-state index contributed by atoms with van der Waals surface area (Å²) in [5.74, 6) is 0.555. The minimum Gasteiger partial charge on any atom is -0.313 e. The molecule has 2 nitrogen and oxygen atoms in total. The Kier molecular flexibility index (Phi) is 6.37. The van der Waals surface area contributed by atoms with Gasteiger partial charge in [-0.1, -0.05) is 48.5 Å². The molecule has 0 amide bonds. The second kappa shape index (κ2) is 8.05. The molecule has 0 unspecified atom stereocenters. The first-order chi connectivity index (χ1) is 10.2. The largest absolute Gasteiger partial charge is 0.313 e. The van der Waals surface area contributed by atoms with Crippen LogP contribution >= 0.6 is 35.6 Å². The van der Waals surface area contributed by atoms with Crippen molar-refractivity contribution in [3.05, 3.63) is 52.5 Å². The van der Waals surface area contributed by atoms with Gasteiger partial charge in [-0.2, -0.15) is 0 Å². The van der Waals surface area contributed by atoms with E-state index in [1.165, 1.54) is 37.7 Å². The van der Waals surface area contributed by atoms with Crippen molar-refractivity contribution in [2.45, 2.75) is 32.1 Å². The van der Waals surface area contributed by atoms with Crippen molar-refractivity contribution >= 4 is 47.4 Å². The molecule has 0 spiro atoms. The number of nitrogens with zero attached hydrogens (tertiary/aromatic N) is 2. The van der Waals surface area contributed by atoms with E-state index in [4.69, 9.17) is 23.2 Å². The van der Waals surface area contributed by atoms with Gasteiger partial charge in [0, 0.05) is 28.6 Å². The number of benzene rings is 1. The van der Waals surface area contributed by atoms with Crippen molar-refractivity contribution in [3.8, 4) is 0 Å². The summed E-state index contributed by atoms with van der Waals surface area (Å²) in [7, 11) is 0. The second-order valence-corrected chi connectivity index (χ2v) is 6.40. The summed E-state index contributed by atoms with van der Waals surface area (Å²) in [6.07, 6.45) is 14.1. The Morgan fingerprint density at radius 1 is 1.18 bits per heavy atom. The molecule has 1 heterocycles. The molecule has 0 bridgehead atoms.